The fourth-order valence-corrected chi connectivity index (χ4v) is 3.32. The molecule has 0 spiro atoms. The molecule has 0 aromatic carbocycles. The molecule has 6 nitrogen and oxygen atoms in total. The number of likely N-dealkylation sites (tertiary alicyclic amines) is 1. The average Bonchev–Trinajstić information content (AvgIpc) is 3.24. The molecule has 0 atom stereocenters. The van der Waals surface area contributed by atoms with Crippen LogP contribution in [-0.4, -0.2) is 53.8 Å². The number of carbonyl (C=O) groups is 2. The van der Waals surface area contributed by atoms with Gasteiger partial charge in [0.05, 0.1) is 13.1 Å². The molecule has 0 radical (unpaired) electrons. The van der Waals surface area contributed by atoms with E-state index in [1.165, 1.54) is 25.7 Å². The number of urea groups is 1. The first kappa shape index (κ1) is 14.6. The van der Waals surface area contributed by atoms with Crippen LogP contribution in [0.3, 0.4) is 0 Å². The van der Waals surface area contributed by atoms with Gasteiger partial charge in [-0.1, -0.05) is 0 Å². The molecule has 1 heterocycles. The molecule has 3 aliphatic rings. The highest BCUT2D eigenvalue weighted by Crippen LogP contribution is 2.48. The zero-order valence-electron chi connectivity index (χ0n) is 12.5. The summed E-state index contributed by atoms with van der Waals surface area (Å²) in [5, 5.41) is 11.7. The van der Waals surface area contributed by atoms with Crippen LogP contribution in [0, 0.1) is 17.8 Å². The minimum absolute atomic E-state index is 0.0438. The van der Waals surface area contributed by atoms with Crippen LogP contribution in [0.1, 0.15) is 32.6 Å². The van der Waals surface area contributed by atoms with Crippen LogP contribution >= 0.6 is 0 Å². The van der Waals surface area contributed by atoms with E-state index in [0.717, 1.165) is 18.4 Å². The van der Waals surface area contributed by atoms with Crippen LogP contribution in [0.2, 0.25) is 0 Å². The highest BCUT2D eigenvalue weighted by atomic mass is 16.5. The van der Waals surface area contributed by atoms with E-state index < -0.39 is 11.6 Å². The molecule has 6 heteroatoms. The van der Waals surface area contributed by atoms with Gasteiger partial charge in [0.15, 0.2) is 0 Å². The van der Waals surface area contributed by atoms with Gasteiger partial charge in [-0.3, -0.25) is 0 Å². The van der Waals surface area contributed by atoms with Crippen molar-refractivity contribution in [1.29, 1.82) is 0 Å². The summed E-state index contributed by atoms with van der Waals surface area (Å²) in [7, 11) is 0. The van der Waals surface area contributed by atoms with Crippen molar-refractivity contribution >= 4 is 12.0 Å². The first-order valence-corrected chi connectivity index (χ1v) is 7.85. The van der Waals surface area contributed by atoms with Crippen LogP contribution in [0.4, 0.5) is 4.79 Å². The Morgan fingerprint density at radius 3 is 2.33 bits per heavy atom. The Morgan fingerprint density at radius 1 is 1.29 bits per heavy atom. The Hall–Kier alpha value is -1.30. The summed E-state index contributed by atoms with van der Waals surface area (Å²) in [5.74, 6) is 1.36. The Kier molecular flexibility index (Phi) is 3.82. The van der Waals surface area contributed by atoms with Crippen molar-refractivity contribution in [3.63, 3.8) is 0 Å². The normalized spacial score (nSPS) is 23.8. The van der Waals surface area contributed by atoms with Crippen LogP contribution in [-0.2, 0) is 9.53 Å². The number of carboxylic acid groups (broad SMARTS) is 1. The van der Waals surface area contributed by atoms with Crippen molar-refractivity contribution in [2.24, 2.45) is 17.8 Å². The number of hydrogen-bond donors (Lipinski definition) is 2. The van der Waals surface area contributed by atoms with E-state index in [0.29, 0.717) is 19.0 Å². The maximum absolute atomic E-state index is 12.1. The lowest BCUT2D eigenvalue weighted by molar-refractivity contribution is -0.159. The summed E-state index contributed by atoms with van der Waals surface area (Å²) in [6.07, 6.45) is 5.29. The van der Waals surface area contributed by atoms with Crippen LogP contribution in [0.15, 0.2) is 0 Å². The molecule has 0 unspecified atom stereocenters. The quantitative estimate of drug-likeness (QED) is 0.742. The number of hydrogen-bond acceptors (Lipinski definition) is 3. The lowest BCUT2D eigenvalue weighted by Gasteiger charge is -2.47. The second kappa shape index (κ2) is 5.48. The molecule has 0 aromatic rings. The number of nitrogens with zero attached hydrogens (tertiary/aromatic N) is 1. The summed E-state index contributed by atoms with van der Waals surface area (Å²) in [6.45, 7) is 3.25. The summed E-state index contributed by atoms with van der Waals surface area (Å²) in [5.41, 5.74) is -0.512. The lowest BCUT2D eigenvalue weighted by Crippen LogP contribution is -2.65. The van der Waals surface area contributed by atoms with Crippen LogP contribution in [0.25, 0.3) is 0 Å². The maximum Gasteiger partial charge on any atom is 0.329 e. The molecule has 2 N–H and O–H groups in total. The zero-order chi connectivity index (χ0) is 15.0. The number of carboxylic acids is 1. The molecule has 2 saturated carbocycles. The third-order valence-corrected chi connectivity index (χ3v) is 4.83. The molecule has 21 heavy (non-hydrogen) atoms. The van der Waals surface area contributed by atoms with Gasteiger partial charge in [0, 0.05) is 6.54 Å². The van der Waals surface area contributed by atoms with E-state index in [-0.39, 0.29) is 12.6 Å². The van der Waals surface area contributed by atoms with Crippen molar-refractivity contribution in [3.05, 3.63) is 0 Å². The summed E-state index contributed by atoms with van der Waals surface area (Å²) < 4.78 is 5.31. The number of nitrogens with one attached hydrogen (secondary N) is 1. The fourth-order valence-electron chi connectivity index (χ4n) is 3.32. The molecule has 118 valence electrons. The first-order chi connectivity index (χ1) is 9.97. The number of aliphatic carboxylic acids is 1. The topological polar surface area (TPSA) is 78.9 Å². The van der Waals surface area contributed by atoms with Crippen molar-refractivity contribution in [1.82, 2.24) is 10.2 Å². The maximum atomic E-state index is 12.1. The van der Waals surface area contributed by atoms with Gasteiger partial charge in [-0.05, 0) is 50.4 Å². The van der Waals surface area contributed by atoms with Crippen molar-refractivity contribution in [2.45, 2.75) is 38.2 Å². The van der Waals surface area contributed by atoms with E-state index in [4.69, 9.17) is 9.84 Å². The minimum atomic E-state index is -0.976. The molecule has 1 saturated heterocycles. The van der Waals surface area contributed by atoms with Crippen molar-refractivity contribution in [3.8, 4) is 0 Å². The molecule has 2 aliphatic carbocycles. The van der Waals surface area contributed by atoms with E-state index >= 15 is 0 Å². The number of amides is 2. The second-order valence-electron chi connectivity index (χ2n) is 7.01. The van der Waals surface area contributed by atoms with Crippen LogP contribution in [0.5, 0.6) is 0 Å². The molecule has 0 bridgehead atoms. The van der Waals surface area contributed by atoms with E-state index in [2.05, 4.69) is 5.32 Å². The van der Waals surface area contributed by atoms with Gasteiger partial charge in [-0.15, -0.1) is 0 Å². The monoisotopic (exact) mass is 296 g/mol. The van der Waals surface area contributed by atoms with Gasteiger partial charge in [0.2, 0.25) is 0 Å². The summed E-state index contributed by atoms with van der Waals surface area (Å²) >= 11 is 0. The predicted octanol–water partition coefficient (Wildman–Crippen LogP) is 1.31. The highest BCUT2D eigenvalue weighted by Gasteiger charge is 2.44. The average molecular weight is 296 g/mol. The van der Waals surface area contributed by atoms with Gasteiger partial charge >= 0.3 is 12.0 Å². The smallest absolute Gasteiger partial charge is 0.329 e. The Balaban J connectivity index is 1.38. The molecule has 1 aliphatic heterocycles. The van der Waals surface area contributed by atoms with Gasteiger partial charge in [-0.25, -0.2) is 9.59 Å². The largest absolute Gasteiger partial charge is 0.480 e. The summed E-state index contributed by atoms with van der Waals surface area (Å²) in [6, 6.07) is -0.0438. The van der Waals surface area contributed by atoms with E-state index in [9.17, 15) is 9.59 Å². The molecule has 3 rings (SSSR count). The van der Waals surface area contributed by atoms with Gasteiger partial charge < -0.3 is 20.1 Å². The van der Waals surface area contributed by atoms with Crippen LogP contribution < -0.4 is 5.32 Å². The van der Waals surface area contributed by atoms with Crippen molar-refractivity contribution in [2.75, 3.05) is 26.2 Å². The first-order valence-electron chi connectivity index (χ1n) is 7.85. The molecular formula is C15H24N2O4. The highest BCUT2D eigenvalue weighted by molar-refractivity contribution is 5.75. The standard InChI is InChI=1S/C15H24N2O4/c1-15(21-7-13(18)19)8-17(9-15)14(20)16-6-12(10-2-3-10)11-4-5-11/h10-12H,2-9H2,1H3,(H,16,20)(H,18,19). The zero-order valence-corrected chi connectivity index (χ0v) is 12.5. The molecule has 2 amide bonds. The number of ether oxygens (including phenoxy) is 1. The van der Waals surface area contributed by atoms with Gasteiger partial charge in [0.1, 0.15) is 12.2 Å². The van der Waals surface area contributed by atoms with E-state index in [1.54, 1.807) is 4.90 Å². The second-order valence-corrected chi connectivity index (χ2v) is 7.01. The number of rotatable bonds is 7. The van der Waals surface area contributed by atoms with Gasteiger partial charge in [-0.2, -0.15) is 0 Å². The third kappa shape index (κ3) is 3.67. The van der Waals surface area contributed by atoms with Crippen molar-refractivity contribution < 1.29 is 19.4 Å². The predicted molar refractivity (Wildman–Crippen MR) is 75.9 cm³/mol. The third-order valence-electron chi connectivity index (χ3n) is 4.83. The Morgan fingerprint density at radius 2 is 1.86 bits per heavy atom. The minimum Gasteiger partial charge on any atom is -0.480 e. The Labute approximate surface area is 124 Å². The lowest BCUT2D eigenvalue weighted by atomic mass is 9.96. The SMILES string of the molecule is CC1(OCC(=O)O)CN(C(=O)NCC(C2CC2)C2CC2)C1. The molecule has 0 aromatic heterocycles. The molecular weight excluding hydrogens is 272 g/mol. The number of carbonyl (C=O) groups excluding carboxylic acids is 1. The summed E-state index contributed by atoms with van der Waals surface area (Å²) in [4.78, 5) is 24.3. The van der Waals surface area contributed by atoms with Gasteiger partial charge in [0.25, 0.3) is 0 Å². The van der Waals surface area contributed by atoms with E-state index in [1.807, 2.05) is 6.92 Å². The molecule has 3 fully saturated rings. The fraction of sp³-hybridized carbons (Fsp3) is 0.867. The Bertz CT molecular complexity index is 413.